The third kappa shape index (κ3) is 3.17. The summed E-state index contributed by atoms with van der Waals surface area (Å²) in [5.41, 5.74) is 1.44. The number of halogens is 1. The molecule has 0 unspecified atom stereocenters. The minimum absolute atomic E-state index is 0.116. The summed E-state index contributed by atoms with van der Waals surface area (Å²) >= 11 is 5.41. The first-order valence-electron chi connectivity index (χ1n) is 4.94. The van der Waals surface area contributed by atoms with E-state index in [-0.39, 0.29) is 10.5 Å². The number of benzene rings is 1. The van der Waals surface area contributed by atoms with Crippen LogP contribution in [0.25, 0.3) is 6.08 Å². The van der Waals surface area contributed by atoms with Gasteiger partial charge in [0.1, 0.15) is 0 Å². The lowest BCUT2D eigenvalue weighted by Crippen LogP contribution is -2.04. The van der Waals surface area contributed by atoms with E-state index in [4.69, 9.17) is 11.6 Å². The van der Waals surface area contributed by atoms with E-state index in [2.05, 4.69) is 0 Å². The highest BCUT2D eigenvalue weighted by atomic mass is 35.5. The summed E-state index contributed by atoms with van der Waals surface area (Å²) in [6.07, 6.45) is 4.53. The molecule has 0 spiro atoms. The lowest BCUT2D eigenvalue weighted by Gasteiger charge is -2.08. The van der Waals surface area contributed by atoms with Crippen LogP contribution >= 0.6 is 11.6 Å². The van der Waals surface area contributed by atoms with Crippen molar-refractivity contribution in [2.45, 2.75) is 18.7 Å². The maximum atomic E-state index is 11.6. The third-order valence-electron chi connectivity index (χ3n) is 2.31. The van der Waals surface area contributed by atoms with E-state index in [1.165, 1.54) is 6.07 Å². The fourth-order valence-electron chi connectivity index (χ4n) is 1.55. The van der Waals surface area contributed by atoms with Crippen molar-refractivity contribution in [1.29, 1.82) is 0 Å². The fourth-order valence-corrected chi connectivity index (χ4v) is 2.64. The van der Waals surface area contributed by atoms with Crippen molar-refractivity contribution in [2.24, 2.45) is 0 Å². The topological polar surface area (TPSA) is 51.2 Å². The number of allylic oxidation sites excluding steroid dienone is 1. The second-order valence-electron chi connectivity index (χ2n) is 3.75. The molecule has 0 heterocycles. The van der Waals surface area contributed by atoms with Crippen molar-refractivity contribution in [3.63, 3.8) is 0 Å². The number of hydrogen-bond acceptors (Lipinski definition) is 3. The Labute approximate surface area is 106 Å². The van der Waals surface area contributed by atoms with Gasteiger partial charge in [-0.2, -0.15) is 0 Å². The summed E-state index contributed by atoms with van der Waals surface area (Å²) in [6, 6.07) is 2.97. The van der Waals surface area contributed by atoms with Crippen LogP contribution in [0.3, 0.4) is 0 Å². The first-order valence-corrected chi connectivity index (χ1v) is 7.21. The van der Waals surface area contributed by atoms with Crippen molar-refractivity contribution in [3.05, 3.63) is 34.9 Å². The standard InChI is InChI=1S/C12H13ClO3S/c1-4-5-9-6-8(2)10(12(13)14)7-11(9)17(3,15)16/h4-7H,1-3H3. The third-order valence-corrected chi connectivity index (χ3v) is 3.67. The molecule has 0 atom stereocenters. The normalized spacial score (nSPS) is 12.0. The Balaban J connectivity index is 3.65. The van der Waals surface area contributed by atoms with Crippen molar-refractivity contribution in [1.82, 2.24) is 0 Å². The molecule has 3 nitrogen and oxygen atoms in total. The molecule has 0 aromatic heterocycles. The molecule has 1 aromatic carbocycles. The first-order chi connectivity index (χ1) is 7.77. The van der Waals surface area contributed by atoms with Crippen molar-refractivity contribution >= 4 is 32.8 Å². The van der Waals surface area contributed by atoms with Gasteiger partial charge in [-0.05, 0) is 48.7 Å². The highest BCUT2D eigenvalue weighted by molar-refractivity contribution is 7.90. The van der Waals surface area contributed by atoms with E-state index in [1.54, 1.807) is 32.1 Å². The first kappa shape index (κ1) is 13.9. The molecule has 0 saturated heterocycles. The molecule has 17 heavy (non-hydrogen) atoms. The van der Waals surface area contributed by atoms with Gasteiger partial charge >= 0.3 is 0 Å². The van der Waals surface area contributed by atoms with Crippen LogP contribution < -0.4 is 0 Å². The van der Waals surface area contributed by atoms with Gasteiger partial charge in [0.15, 0.2) is 9.84 Å². The van der Waals surface area contributed by atoms with E-state index < -0.39 is 15.1 Å². The fraction of sp³-hybridized carbons (Fsp3) is 0.250. The van der Waals surface area contributed by atoms with Gasteiger partial charge in [0, 0.05) is 11.8 Å². The van der Waals surface area contributed by atoms with E-state index in [0.29, 0.717) is 11.1 Å². The number of carbonyl (C=O) groups excluding carboxylic acids is 1. The Hall–Kier alpha value is -1.13. The zero-order chi connectivity index (χ0) is 13.2. The Morgan fingerprint density at radius 3 is 2.35 bits per heavy atom. The van der Waals surface area contributed by atoms with Crippen LogP contribution in [0, 0.1) is 6.92 Å². The SMILES string of the molecule is CC=Cc1cc(C)c(C(=O)Cl)cc1S(C)(=O)=O. The molecule has 0 bridgehead atoms. The summed E-state index contributed by atoms with van der Waals surface area (Å²) < 4.78 is 23.3. The molecule has 0 N–H and O–H groups in total. The smallest absolute Gasteiger partial charge is 0.252 e. The maximum Gasteiger partial charge on any atom is 0.252 e. The number of rotatable bonds is 3. The van der Waals surface area contributed by atoms with Crippen molar-refractivity contribution in [3.8, 4) is 0 Å². The zero-order valence-corrected chi connectivity index (χ0v) is 11.4. The average molecular weight is 273 g/mol. The lowest BCUT2D eigenvalue weighted by molar-refractivity contribution is 0.108. The van der Waals surface area contributed by atoms with Gasteiger partial charge in [-0.25, -0.2) is 8.42 Å². The van der Waals surface area contributed by atoms with Crippen LogP contribution in [0.4, 0.5) is 0 Å². The molecular formula is C12H13ClO3S. The van der Waals surface area contributed by atoms with Gasteiger partial charge < -0.3 is 0 Å². The van der Waals surface area contributed by atoms with Crippen molar-refractivity contribution < 1.29 is 13.2 Å². The minimum atomic E-state index is -3.39. The van der Waals surface area contributed by atoms with Gasteiger partial charge in [0.25, 0.3) is 5.24 Å². The second-order valence-corrected chi connectivity index (χ2v) is 6.08. The Morgan fingerprint density at radius 2 is 1.94 bits per heavy atom. The van der Waals surface area contributed by atoms with Crippen LogP contribution in [-0.4, -0.2) is 19.9 Å². The highest BCUT2D eigenvalue weighted by Crippen LogP contribution is 2.23. The lowest BCUT2D eigenvalue weighted by atomic mass is 10.1. The van der Waals surface area contributed by atoms with Crippen molar-refractivity contribution in [2.75, 3.05) is 6.26 Å². The maximum absolute atomic E-state index is 11.6. The molecule has 5 heteroatoms. The Morgan fingerprint density at radius 1 is 1.35 bits per heavy atom. The molecule has 1 rings (SSSR count). The Bertz CT molecular complexity index is 586. The quantitative estimate of drug-likeness (QED) is 0.795. The molecule has 0 aliphatic heterocycles. The van der Waals surface area contributed by atoms with Gasteiger partial charge in [0.05, 0.1) is 4.90 Å². The Kier molecular flexibility index (Phi) is 4.11. The summed E-state index contributed by atoms with van der Waals surface area (Å²) in [4.78, 5) is 11.3. The molecule has 0 amide bonds. The highest BCUT2D eigenvalue weighted by Gasteiger charge is 2.16. The predicted octanol–water partition coefficient (Wildman–Crippen LogP) is 2.81. The van der Waals surface area contributed by atoms with Crippen LogP contribution in [0.15, 0.2) is 23.1 Å². The van der Waals surface area contributed by atoms with Crippen LogP contribution in [-0.2, 0) is 9.84 Å². The van der Waals surface area contributed by atoms with Crippen LogP contribution in [0.2, 0.25) is 0 Å². The molecule has 0 fully saturated rings. The van der Waals surface area contributed by atoms with Crippen LogP contribution in [0.1, 0.15) is 28.4 Å². The monoisotopic (exact) mass is 272 g/mol. The summed E-state index contributed by atoms with van der Waals surface area (Å²) in [5, 5.41) is -0.653. The van der Waals surface area contributed by atoms with E-state index in [1.807, 2.05) is 0 Å². The summed E-state index contributed by atoms with van der Waals surface area (Å²) in [5.74, 6) is 0. The van der Waals surface area contributed by atoms with E-state index in [9.17, 15) is 13.2 Å². The van der Waals surface area contributed by atoms with Gasteiger partial charge in [-0.15, -0.1) is 0 Å². The van der Waals surface area contributed by atoms with Gasteiger partial charge in [-0.1, -0.05) is 12.2 Å². The molecule has 0 aliphatic carbocycles. The average Bonchev–Trinajstić information content (AvgIpc) is 2.15. The molecule has 0 saturated carbocycles. The molecular weight excluding hydrogens is 260 g/mol. The van der Waals surface area contributed by atoms with E-state index in [0.717, 1.165) is 6.26 Å². The van der Waals surface area contributed by atoms with Gasteiger partial charge in [-0.3, -0.25) is 4.79 Å². The van der Waals surface area contributed by atoms with Gasteiger partial charge in [0.2, 0.25) is 0 Å². The molecule has 0 aliphatic rings. The second kappa shape index (κ2) is 5.02. The summed E-state index contributed by atoms with van der Waals surface area (Å²) in [6.45, 7) is 3.51. The molecule has 0 radical (unpaired) electrons. The number of sulfone groups is 1. The number of carbonyl (C=O) groups is 1. The molecule has 92 valence electrons. The summed E-state index contributed by atoms with van der Waals surface area (Å²) in [7, 11) is -3.39. The van der Waals surface area contributed by atoms with E-state index >= 15 is 0 Å². The minimum Gasteiger partial charge on any atom is -0.276 e. The largest absolute Gasteiger partial charge is 0.276 e. The number of aryl methyl sites for hydroxylation is 1. The zero-order valence-electron chi connectivity index (χ0n) is 9.82. The predicted molar refractivity (Wildman–Crippen MR) is 69.2 cm³/mol. The van der Waals surface area contributed by atoms with Crippen LogP contribution in [0.5, 0.6) is 0 Å². The number of hydrogen-bond donors (Lipinski definition) is 0. The molecule has 1 aromatic rings.